The first-order valence-corrected chi connectivity index (χ1v) is 9.13. The maximum Gasteiger partial charge on any atom is 0.158 e. The van der Waals surface area contributed by atoms with Gasteiger partial charge in [0.15, 0.2) is 5.78 Å². The molecule has 0 bridgehead atoms. The van der Waals surface area contributed by atoms with E-state index in [1.165, 1.54) is 12.2 Å². The summed E-state index contributed by atoms with van der Waals surface area (Å²) >= 11 is 0. The zero-order valence-electron chi connectivity index (χ0n) is 16.0. The van der Waals surface area contributed by atoms with Gasteiger partial charge in [-0.1, -0.05) is 19.1 Å². The van der Waals surface area contributed by atoms with Crippen LogP contribution in [0.2, 0.25) is 0 Å². The lowest BCUT2D eigenvalue weighted by molar-refractivity contribution is -0.118. The number of carbonyl (C=O) groups is 1. The summed E-state index contributed by atoms with van der Waals surface area (Å²) < 4.78 is 5.94. The second-order valence-electron chi connectivity index (χ2n) is 7.88. The number of rotatable bonds is 8. The zero-order valence-corrected chi connectivity index (χ0v) is 16.0. The van der Waals surface area contributed by atoms with Crippen LogP contribution in [0.25, 0.3) is 0 Å². The molecule has 5 heteroatoms. The van der Waals surface area contributed by atoms with Gasteiger partial charge < -0.3 is 20.1 Å². The number of allylic oxidation sites excluding steroid dienone is 1. The van der Waals surface area contributed by atoms with E-state index in [4.69, 9.17) is 9.84 Å². The van der Waals surface area contributed by atoms with Crippen LogP contribution in [0.4, 0.5) is 0 Å². The number of aliphatic hydroxyl groups excluding tert-OH is 2. The SMILES string of the molecule is CC(CCCC1(C)OC/C(=C/CO)CC[C@H]1O)C(=O)/C=C/C(C)(C)O. The summed E-state index contributed by atoms with van der Waals surface area (Å²) in [7, 11) is 0. The third-order valence-corrected chi connectivity index (χ3v) is 4.86. The van der Waals surface area contributed by atoms with E-state index in [9.17, 15) is 15.0 Å². The van der Waals surface area contributed by atoms with Crippen LogP contribution < -0.4 is 0 Å². The van der Waals surface area contributed by atoms with Gasteiger partial charge in [-0.25, -0.2) is 0 Å². The molecule has 0 radical (unpaired) electrons. The van der Waals surface area contributed by atoms with Crippen molar-refractivity contribution in [3.63, 3.8) is 0 Å². The van der Waals surface area contributed by atoms with Crippen LogP contribution >= 0.6 is 0 Å². The van der Waals surface area contributed by atoms with Crippen LogP contribution in [0.1, 0.15) is 59.8 Å². The van der Waals surface area contributed by atoms with Crippen molar-refractivity contribution >= 4 is 5.78 Å². The Morgan fingerprint density at radius 1 is 1.48 bits per heavy atom. The first-order valence-electron chi connectivity index (χ1n) is 9.13. The summed E-state index contributed by atoms with van der Waals surface area (Å²) in [6.45, 7) is 7.48. The van der Waals surface area contributed by atoms with Crippen LogP contribution in [0, 0.1) is 5.92 Å². The number of ketones is 1. The summed E-state index contributed by atoms with van der Waals surface area (Å²) in [5.41, 5.74) is -0.594. The number of hydrogen-bond acceptors (Lipinski definition) is 5. The molecule has 1 rings (SSSR count). The molecular formula is C20H34O5. The summed E-state index contributed by atoms with van der Waals surface area (Å²) in [6, 6.07) is 0. The van der Waals surface area contributed by atoms with Gasteiger partial charge in [0.2, 0.25) is 0 Å². The lowest BCUT2D eigenvalue weighted by Gasteiger charge is -2.33. The molecule has 25 heavy (non-hydrogen) atoms. The molecule has 0 aromatic carbocycles. The molecule has 1 aliphatic heterocycles. The first-order chi connectivity index (χ1) is 11.6. The molecule has 0 aromatic rings. The molecule has 0 spiro atoms. The lowest BCUT2D eigenvalue weighted by atomic mass is 9.87. The van der Waals surface area contributed by atoms with Crippen molar-refractivity contribution in [2.24, 2.45) is 5.92 Å². The van der Waals surface area contributed by atoms with Gasteiger partial charge in [-0.05, 0) is 64.5 Å². The van der Waals surface area contributed by atoms with Crippen molar-refractivity contribution < 1.29 is 24.9 Å². The predicted octanol–water partition coefficient (Wildman–Crippen LogP) is 2.54. The fourth-order valence-corrected chi connectivity index (χ4v) is 2.93. The topological polar surface area (TPSA) is 87.0 Å². The molecule has 0 aromatic heterocycles. The Morgan fingerprint density at radius 3 is 2.76 bits per heavy atom. The fraction of sp³-hybridized carbons (Fsp3) is 0.750. The minimum absolute atomic E-state index is 0.00257. The molecule has 1 fully saturated rings. The molecule has 5 nitrogen and oxygen atoms in total. The van der Waals surface area contributed by atoms with Gasteiger partial charge in [0, 0.05) is 5.92 Å². The molecule has 1 aliphatic rings. The highest BCUT2D eigenvalue weighted by atomic mass is 16.5. The molecule has 0 aliphatic carbocycles. The Bertz CT molecular complexity index is 489. The van der Waals surface area contributed by atoms with Crippen molar-refractivity contribution in [2.75, 3.05) is 13.2 Å². The van der Waals surface area contributed by atoms with E-state index in [1.54, 1.807) is 19.9 Å². The van der Waals surface area contributed by atoms with Gasteiger partial charge in [0.25, 0.3) is 0 Å². The van der Waals surface area contributed by atoms with Crippen molar-refractivity contribution in [1.82, 2.24) is 0 Å². The molecule has 0 amide bonds. The Hall–Kier alpha value is -1.01. The second kappa shape index (κ2) is 9.62. The molecule has 3 N–H and O–H groups in total. The standard InChI is InChI=1S/C20H34O5/c1-15(17(22)9-12-19(2,3)24)6-5-11-20(4)18(23)8-7-16(10-13-21)14-25-20/h9-10,12,15,18,21,23-24H,5-8,11,13-14H2,1-4H3/b12-9+,16-10+/t15?,18-,20?/m1/s1. The summed E-state index contributed by atoms with van der Waals surface area (Å²) in [5.74, 6) is -0.127. The van der Waals surface area contributed by atoms with E-state index in [0.29, 0.717) is 25.9 Å². The molecule has 0 saturated carbocycles. The Labute approximate surface area is 151 Å². The van der Waals surface area contributed by atoms with Crippen molar-refractivity contribution in [3.05, 3.63) is 23.8 Å². The van der Waals surface area contributed by atoms with Crippen LogP contribution in [-0.4, -0.2) is 51.6 Å². The largest absolute Gasteiger partial charge is 0.392 e. The van der Waals surface area contributed by atoms with Crippen LogP contribution in [0.3, 0.4) is 0 Å². The summed E-state index contributed by atoms with van der Waals surface area (Å²) in [4.78, 5) is 12.1. The Balaban J connectivity index is 2.51. The van der Waals surface area contributed by atoms with E-state index in [0.717, 1.165) is 18.4 Å². The number of hydrogen-bond donors (Lipinski definition) is 3. The normalized spacial score (nSPS) is 28.3. The predicted molar refractivity (Wildman–Crippen MR) is 98.2 cm³/mol. The maximum absolute atomic E-state index is 12.1. The van der Waals surface area contributed by atoms with Crippen LogP contribution in [0.5, 0.6) is 0 Å². The van der Waals surface area contributed by atoms with Crippen LogP contribution in [0.15, 0.2) is 23.8 Å². The molecule has 144 valence electrons. The van der Waals surface area contributed by atoms with Gasteiger partial charge in [-0.3, -0.25) is 4.79 Å². The Morgan fingerprint density at radius 2 is 2.16 bits per heavy atom. The van der Waals surface area contributed by atoms with Crippen LogP contribution in [-0.2, 0) is 9.53 Å². The third kappa shape index (κ3) is 7.82. The Kier molecular flexibility index (Phi) is 8.48. The van der Waals surface area contributed by atoms with E-state index < -0.39 is 17.3 Å². The zero-order chi connectivity index (χ0) is 19.1. The minimum atomic E-state index is -0.985. The summed E-state index contributed by atoms with van der Waals surface area (Å²) in [5, 5.41) is 29.1. The number of aliphatic hydroxyl groups is 3. The van der Waals surface area contributed by atoms with Crippen molar-refractivity contribution in [3.8, 4) is 0 Å². The van der Waals surface area contributed by atoms with E-state index in [1.807, 2.05) is 13.8 Å². The monoisotopic (exact) mass is 354 g/mol. The quantitative estimate of drug-likeness (QED) is 0.461. The van der Waals surface area contributed by atoms with Gasteiger partial charge in [0.1, 0.15) is 0 Å². The smallest absolute Gasteiger partial charge is 0.158 e. The third-order valence-electron chi connectivity index (χ3n) is 4.86. The van der Waals surface area contributed by atoms with Gasteiger partial charge in [-0.15, -0.1) is 0 Å². The molecule has 1 heterocycles. The highest BCUT2D eigenvalue weighted by molar-refractivity contribution is 5.91. The van der Waals surface area contributed by atoms with E-state index >= 15 is 0 Å². The highest BCUT2D eigenvalue weighted by Gasteiger charge is 2.36. The van der Waals surface area contributed by atoms with E-state index in [2.05, 4.69) is 0 Å². The summed E-state index contributed by atoms with van der Waals surface area (Å²) in [6.07, 6.45) is 7.66. The van der Waals surface area contributed by atoms with Crippen molar-refractivity contribution in [1.29, 1.82) is 0 Å². The molecular weight excluding hydrogens is 320 g/mol. The fourth-order valence-electron chi connectivity index (χ4n) is 2.93. The first kappa shape index (κ1) is 22.0. The van der Waals surface area contributed by atoms with Gasteiger partial charge in [-0.2, -0.15) is 0 Å². The van der Waals surface area contributed by atoms with Gasteiger partial charge in [0.05, 0.1) is 30.5 Å². The average molecular weight is 354 g/mol. The average Bonchev–Trinajstić information content (AvgIpc) is 2.66. The second-order valence-corrected chi connectivity index (χ2v) is 7.88. The lowest BCUT2D eigenvalue weighted by Crippen LogP contribution is -2.41. The van der Waals surface area contributed by atoms with Crippen molar-refractivity contribution in [2.45, 2.75) is 77.1 Å². The van der Waals surface area contributed by atoms with E-state index in [-0.39, 0.29) is 18.3 Å². The van der Waals surface area contributed by atoms with Gasteiger partial charge >= 0.3 is 0 Å². The number of carbonyl (C=O) groups excluding carboxylic acids is 1. The highest BCUT2D eigenvalue weighted by Crippen LogP contribution is 2.31. The molecule has 2 unspecified atom stereocenters. The minimum Gasteiger partial charge on any atom is -0.392 e. The molecule has 1 saturated heterocycles. The maximum atomic E-state index is 12.1. The molecule has 3 atom stereocenters. The number of ether oxygens (including phenoxy) is 1.